The van der Waals surface area contributed by atoms with Gasteiger partial charge in [-0.15, -0.1) is 34.5 Å². The maximum atomic E-state index is 6.17. The number of nitrogens with zero attached hydrogens (tertiary/aromatic N) is 1. The van der Waals surface area contributed by atoms with Gasteiger partial charge in [0.15, 0.2) is 0 Å². The van der Waals surface area contributed by atoms with E-state index in [-0.39, 0.29) is 0 Å². The standard InChI is InChI=1S/C6H15BCl3NSi/c1-6(2,8)11(7(9)10)12(3,4)5/h1-5H3. The first-order valence-electron chi connectivity index (χ1n) is 3.83. The van der Waals surface area contributed by atoms with Gasteiger partial charge < -0.3 is 4.48 Å². The first kappa shape index (κ1) is 13.1. The fourth-order valence-electron chi connectivity index (χ4n) is 1.32. The van der Waals surface area contributed by atoms with E-state index in [9.17, 15) is 0 Å². The van der Waals surface area contributed by atoms with Crippen LogP contribution in [0.15, 0.2) is 0 Å². The van der Waals surface area contributed by atoms with Gasteiger partial charge in [-0.2, -0.15) is 0 Å². The van der Waals surface area contributed by atoms with Gasteiger partial charge >= 0.3 is 5.68 Å². The normalized spacial score (nSPS) is 13.8. The molecule has 0 radical (unpaired) electrons. The highest BCUT2D eigenvalue weighted by atomic mass is 35.5. The molecular weight excluding hydrogens is 231 g/mol. The third-order valence-corrected chi connectivity index (χ3v) is 4.79. The van der Waals surface area contributed by atoms with Crippen molar-refractivity contribution in [1.29, 1.82) is 0 Å². The summed E-state index contributed by atoms with van der Waals surface area (Å²) in [5.41, 5.74) is -0.524. The average Bonchev–Trinajstić information content (AvgIpc) is 1.49. The molecule has 0 fully saturated rings. The van der Waals surface area contributed by atoms with E-state index in [0.29, 0.717) is 0 Å². The van der Waals surface area contributed by atoms with Gasteiger partial charge in [-0.05, 0) is 13.8 Å². The minimum atomic E-state index is -1.55. The molecule has 0 aliphatic carbocycles. The molecule has 0 atom stereocenters. The third-order valence-electron chi connectivity index (χ3n) is 1.49. The van der Waals surface area contributed by atoms with Gasteiger partial charge in [0, 0.05) is 0 Å². The highest BCUT2D eigenvalue weighted by Crippen LogP contribution is 2.29. The molecule has 1 nitrogen and oxygen atoms in total. The Labute approximate surface area is 91.4 Å². The molecule has 0 saturated heterocycles. The van der Waals surface area contributed by atoms with Crippen molar-refractivity contribution in [3.63, 3.8) is 0 Å². The van der Waals surface area contributed by atoms with E-state index in [0.717, 1.165) is 0 Å². The molecule has 0 rings (SSSR count). The number of rotatable bonds is 3. The summed E-state index contributed by atoms with van der Waals surface area (Å²) >= 11 is 17.9. The van der Waals surface area contributed by atoms with E-state index < -0.39 is 18.9 Å². The van der Waals surface area contributed by atoms with E-state index in [2.05, 4.69) is 19.6 Å². The summed E-state index contributed by atoms with van der Waals surface area (Å²) in [7, 11) is -1.55. The van der Waals surface area contributed by atoms with Crippen LogP contribution in [0.3, 0.4) is 0 Å². The summed E-state index contributed by atoms with van der Waals surface area (Å²) in [5.74, 6) is 0. The van der Waals surface area contributed by atoms with Crippen LogP contribution in [0, 0.1) is 0 Å². The topological polar surface area (TPSA) is 3.24 Å². The number of hydrogen-bond acceptors (Lipinski definition) is 1. The quantitative estimate of drug-likeness (QED) is 0.418. The van der Waals surface area contributed by atoms with Crippen LogP contribution in [0.25, 0.3) is 0 Å². The number of halogens is 3. The van der Waals surface area contributed by atoms with E-state index >= 15 is 0 Å². The van der Waals surface area contributed by atoms with E-state index in [1.54, 1.807) is 0 Å². The van der Waals surface area contributed by atoms with Gasteiger partial charge in [-0.3, -0.25) is 0 Å². The molecule has 0 aromatic carbocycles. The first-order chi connectivity index (χ1) is 5.07. The lowest BCUT2D eigenvalue weighted by Crippen LogP contribution is -2.58. The Bertz CT molecular complexity index is 138. The van der Waals surface area contributed by atoms with Crippen molar-refractivity contribution in [1.82, 2.24) is 4.48 Å². The van der Waals surface area contributed by atoms with Gasteiger partial charge in [0.05, 0.1) is 5.00 Å². The minimum Gasteiger partial charge on any atom is -0.320 e. The summed E-state index contributed by atoms with van der Waals surface area (Å²) in [6.45, 7) is 10.3. The SMILES string of the molecule is CC(C)(Cl)N(B(Cl)Cl)[Si](C)(C)C. The molecule has 0 bridgehead atoms. The van der Waals surface area contributed by atoms with Crippen LogP contribution in [-0.4, -0.2) is 23.4 Å². The lowest BCUT2D eigenvalue weighted by Gasteiger charge is -2.42. The van der Waals surface area contributed by atoms with E-state index in [1.807, 2.05) is 18.3 Å². The van der Waals surface area contributed by atoms with Gasteiger partial charge in [-0.1, -0.05) is 19.6 Å². The molecule has 0 saturated carbocycles. The lowest BCUT2D eigenvalue weighted by atomic mass is 10.2. The molecule has 0 unspecified atom stereocenters. The molecule has 0 heterocycles. The summed E-state index contributed by atoms with van der Waals surface area (Å²) in [4.78, 5) is -0.474. The Morgan fingerprint density at radius 2 is 1.50 bits per heavy atom. The summed E-state index contributed by atoms with van der Waals surface area (Å²) in [6, 6.07) is 0. The second kappa shape index (κ2) is 4.09. The van der Waals surface area contributed by atoms with E-state index in [4.69, 9.17) is 34.5 Å². The molecular formula is C6H15BCl3NSi. The Kier molecular flexibility index (Phi) is 4.47. The Hall–Kier alpha value is 1.11. The second-order valence-electron chi connectivity index (χ2n) is 4.23. The molecule has 0 aliphatic heterocycles. The summed E-state index contributed by atoms with van der Waals surface area (Å²) in [5, 5.41) is 0. The predicted molar refractivity (Wildman–Crippen MR) is 62.6 cm³/mol. The van der Waals surface area contributed by atoms with Crippen LogP contribution in [0.2, 0.25) is 19.6 Å². The van der Waals surface area contributed by atoms with Crippen LogP contribution in [-0.2, 0) is 0 Å². The molecule has 12 heavy (non-hydrogen) atoms. The van der Waals surface area contributed by atoms with Crippen molar-refractivity contribution >= 4 is 48.4 Å². The average molecular weight is 246 g/mol. The molecule has 72 valence electrons. The zero-order chi connectivity index (χ0) is 10.2. The van der Waals surface area contributed by atoms with Crippen molar-refractivity contribution in [3.8, 4) is 0 Å². The van der Waals surface area contributed by atoms with Crippen molar-refractivity contribution in [3.05, 3.63) is 0 Å². The molecule has 0 aliphatic rings. The largest absolute Gasteiger partial charge is 0.429 e. The zero-order valence-electron chi connectivity index (χ0n) is 8.16. The first-order valence-corrected chi connectivity index (χ1v) is 8.53. The minimum absolute atomic E-state index is 0.474. The molecule has 0 N–H and O–H groups in total. The maximum absolute atomic E-state index is 6.17. The van der Waals surface area contributed by atoms with Crippen molar-refractivity contribution < 1.29 is 0 Å². The van der Waals surface area contributed by atoms with Crippen LogP contribution in [0.1, 0.15) is 13.8 Å². The third kappa shape index (κ3) is 3.88. The Morgan fingerprint density at radius 3 is 1.50 bits per heavy atom. The predicted octanol–water partition coefficient (Wildman–Crippen LogP) is 3.56. The lowest BCUT2D eigenvalue weighted by molar-refractivity contribution is 0.470. The Balaban J connectivity index is 4.70. The molecule has 0 aromatic rings. The highest BCUT2D eigenvalue weighted by Gasteiger charge is 2.40. The Morgan fingerprint density at radius 1 is 1.17 bits per heavy atom. The van der Waals surface area contributed by atoms with E-state index in [1.165, 1.54) is 0 Å². The summed E-state index contributed by atoms with van der Waals surface area (Å²) < 4.78 is 1.98. The molecule has 6 heteroatoms. The number of hydrogen-bond donors (Lipinski definition) is 0. The smallest absolute Gasteiger partial charge is 0.320 e. The van der Waals surface area contributed by atoms with Gasteiger partial charge in [0.1, 0.15) is 8.24 Å². The molecule has 0 spiro atoms. The maximum Gasteiger partial charge on any atom is 0.429 e. The van der Waals surface area contributed by atoms with Crippen LogP contribution < -0.4 is 0 Å². The second-order valence-corrected chi connectivity index (χ2v) is 11.0. The van der Waals surface area contributed by atoms with Crippen LogP contribution >= 0.6 is 34.5 Å². The highest BCUT2D eigenvalue weighted by molar-refractivity contribution is 7.34. The van der Waals surface area contributed by atoms with Gasteiger partial charge in [0.2, 0.25) is 0 Å². The van der Waals surface area contributed by atoms with Crippen LogP contribution in [0.4, 0.5) is 0 Å². The van der Waals surface area contributed by atoms with Crippen molar-refractivity contribution in [2.24, 2.45) is 0 Å². The van der Waals surface area contributed by atoms with Crippen molar-refractivity contribution in [2.45, 2.75) is 38.5 Å². The fraction of sp³-hybridized carbons (Fsp3) is 1.00. The van der Waals surface area contributed by atoms with Crippen molar-refractivity contribution in [2.75, 3.05) is 0 Å². The van der Waals surface area contributed by atoms with Crippen LogP contribution in [0.5, 0.6) is 0 Å². The monoisotopic (exact) mass is 245 g/mol. The number of alkyl halides is 1. The van der Waals surface area contributed by atoms with Gasteiger partial charge in [-0.25, -0.2) is 0 Å². The van der Waals surface area contributed by atoms with Gasteiger partial charge in [0.25, 0.3) is 0 Å². The zero-order valence-corrected chi connectivity index (χ0v) is 11.4. The molecule has 0 aromatic heterocycles. The fourth-order valence-corrected chi connectivity index (χ4v) is 6.71. The summed E-state index contributed by atoms with van der Waals surface area (Å²) in [6.07, 6.45) is 0. The molecule has 0 amide bonds.